The van der Waals surface area contributed by atoms with E-state index < -0.39 is 0 Å². The lowest BCUT2D eigenvalue weighted by Crippen LogP contribution is -2.22. The Kier molecular flexibility index (Phi) is 5.37. The second kappa shape index (κ2) is 7.25. The molecule has 0 fully saturated rings. The summed E-state index contributed by atoms with van der Waals surface area (Å²) < 4.78 is 0. The van der Waals surface area contributed by atoms with Gasteiger partial charge in [-0.15, -0.1) is 0 Å². The zero-order valence-corrected chi connectivity index (χ0v) is 12.8. The first-order valence-corrected chi connectivity index (χ1v) is 7.30. The molecule has 110 valence electrons. The molecule has 0 saturated carbocycles. The largest absolute Gasteiger partial charge is 0.348 e. The van der Waals surface area contributed by atoms with Gasteiger partial charge in [0.1, 0.15) is 0 Å². The van der Waals surface area contributed by atoms with E-state index in [0.717, 1.165) is 17.5 Å². The molecule has 0 heterocycles. The van der Waals surface area contributed by atoms with Crippen LogP contribution >= 0.6 is 11.6 Å². The highest BCUT2D eigenvalue weighted by atomic mass is 35.5. The zero-order valence-electron chi connectivity index (χ0n) is 12.0. The van der Waals surface area contributed by atoms with Gasteiger partial charge in [0, 0.05) is 17.1 Å². The van der Waals surface area contributed by atoms with Gasteiger partial charge in [-0.25, -0.2) is 0 Å². The van der Waals surface area contributed by atoms with E-state index >= 15 is 0 Å². The number of benzene rings is 2. The average Bonchev–Trinajstić information content (AvgIpc) is 2.49. The summed E-state index contributed by atoms with van der Waals surface area (Å²) in [7, 11) is 0. The Balaban J connectivity index is 1.95. The minimum atomic E-state index is -0.0965. The van der Waals surface area contributed by atoms with Crippen molar-refractivity contribution in [2.24, 2.45) is 5.73 Å². The molecule has 0 radical (unpaired) electrons. The van der Waals surface area contributed by atoms with Gasteiger partial charge < -0.3 is 11.1 Å². The van der Waals surface area contributed by atoms with Crippen molar-refractivity contribution in [1.82, 2.24) is 5.32 Å². The molecule has 0 spiro atoms. The van der Waals surface area contributed by atoms with Crippen molar-refractivity contribution >= 4 is 17.5 Å². The second-order valence-electron chi connectivity index (χ2n) is 5.00. The van der Waals surface area contributed by atoms with E-state index in [1.54, 1.807) is 18.2 Å². The Bertz CT molecular complexity index is 623. The van der Waals surface area contributed by atoms with Crippen molar-refractivity contribution in [3.63, 3.8) is 0 Å². The van der Waals surface area contributed by atoms with Crippen LogP contribution in [0.3, 0.4) is 0 Å². The first-order chi connectivity index (χ1) is 10.1. The molecule has 0 aliphatic rings. The molecule has 2 aromatic rings. The predicted octanol–water partition coefficient (Wildman–Crippen LogP) is 3.08. The number of nitrogens with two attached hydrogens (primary N) is 1. The fraction of sp³-hybridized carbons (Fsp3) is 0.235. The van der Waals surface area contributed by atoms with E-state index in [1.807, 2.05) is 31.2 Å². The molecule has 2 rings (SSSR count). The SMILES string of the molecule is Cc1cc(C(=O)NCc2ccc(CCN)cc2)ccc1Cl. The maximum absolute atomic E-state index is 12.1. The molecule has 3 N–H and O–H groups in total. The van der Waals surface area contributed by atoms with Crippen LogP contribution in [0.2, 0.25) is 5.02 Å². The number of amides is 1. The number of aryl methyl sites for hydroxylation is 1. The van der Waals surface area contributed by atoms with E-state index in [4.69, 9.17) is 17.3 Å². The van der Waals surface area contributed by atoms with Gasteiger partial charge in [0.05, 0.1) is 0 Å². The van der Waals surface area contributed by atoms with Gasteiger partial charge in [-0.05, 0) is 54.8 Å². The fourth-order valence-corrected chi connectivity index (χ4v) is 2.18. The Labute approximate surface area is 130 Å². The van der Waals surface area contributed by atoms with Crippen LogP contribution in [0.4, 0.5) is 0 Å². The Morgan fingerprint density at radius 1 is 1.14 bits per heavy atom. The summed E-state index contributed by atoms with van der Waals surface area (Å²) in [6.07, 6.45) is 0.872. The van der Waals surface area contributed by atoms with Crippen molar-refractivity contribution in [1.29, 1.82) is 0 Å². The van der Waals surface area contributed by atoms with E-state index in [0.29, 0.717) is 23.7 Å². The molecule has 0 aliphatic carbocycles. The zero-order chi connectivity index (χ0) is 15.2. The van der Waals surface area contributed by atoms with E-state index in [2.05, 4.69) is 5.32 Å². The third kappa shape index (κ3) is 4.31. The molecule has 0 unspecified atom stereocenters. The normalized spacial score (nSPS) is 10.4. The van der Waals surface area contributed by atoms with Crippen molar-refractivity contribution in [2.45, 2.75) is 19.9 Å². The first kappa shape index (κ1) is 15.5. The summed E-state index contributed by atoms with van der Waals surface area (Å²) in [5.74, 6) is -0.0965. The quantitative estimate of drug-likeness (QED) is 0.892. The van der Waals surface area contributed by atoms with Crippen LogP contribution in [0.1, 0.15) is 27.0 Å². The number of halogens is 1. The van der Waals surface area contributed by atoms with Crippen LogP contribution in [-0.2, 0) is 13.0 Å². The van der Waals surface area contributed by atoms with Crippen molar-refractivity contribution in [3.05, 3.63) is 69.7 Å². The molecule has 0 saturated heterocycles. The maximum atomic E-state index is 12.1. The molecule has 4 heteroatoms. The second-order valence-corrected chi connectivity index (χ2v) is 5.41. The van der Waals surface area contributed by atoms with Crippen molar-refractivity contribution in [3.8, 4) is 0 Å². The highest BCUT2D eigenvalue weighted by molar-refractivity contribution is 6.31. The third-order valence-electron chi connectivity index (χ3n) is 3.33. The number of hydrogen-bond donors (Lipinski definition) is 2. The molecule has 1 amide bonds. The molecule has 0 aromatic heterocycles. The van der Waals surface area contributed by atoms with Gasteiger partial charge in [0.25, 0.3) is 5.91 Å². The number of hydrogen-bond acceptors (Lipinski definition) is 2. The molecule has 3 nitrogen and oxygen atoms in total. The van der Waals surface area contributed by atoms with Gasteiger partial charge in [0.15, 0.2) is 0 Å². The van der Waals surface area contributed by atoms with Crippen LogP contribution in [0, 0.1) is 6.92 Å². The fourth-order valence-electron chi connectivity index (χ4n) is 2.06. The van der Waals surface area contributed by atoms with E-state index in [-0.39, 0.29) is 5.91 Å². The molecule has 0 aliphatic heterocycles. The molecule has 0 bridgehead atoms. The summed E-state index contributed by atoms with van der Waals surface area (Å²) in [4.78, 5) is 12.1. The summed E-state index contributed by atoms with van der Waals surface area (Å²) in [6, 6.07) is 13.4. The van der Waals surface area contributed by atoms with Crippen LogP contribution < -0.4 is 11.1 Å². The molecule has 2 aromatic carbocycles. The Morgan fingerprint density at radius 2 is 1.81 bits per heavy atom. The minimum absolute atomic E-state index is 0.0965. The minimum Gasteiger partial charge on any atom is -0.348 e. The third-order valence-corrected chi connectivity index (χ3v) is 3.75. The molecular formula is C17H19ClN2O. The lowest BCUT2D eigenvalue weighted by atomic mass is 10.1. The van der Waals surface area contributed by atoms with Crippen molar-refractivity contribution < 1.29 is 4.79 Å². The number of carbonyl (C=O) groups excluding carboxylic acids is 1. The standard InChI is InChI=1S/C17H19ClN2O/c1-12-10-15(6-7-16(12)18)17(21)20-11-14-4-2-13(3-5-14)8-9-19/h2-7,10H,8-9,11,19H2,1H3,(H,20,21). The van der Waals surface area contributed by atoms with Gasteiger partial charge in [-0.1, -0.05) is 35.9 Å². The molecular weight excluding hydrogens is 284 g/mol. The number of carbonyl (C=O) groups is 1. The first-order valence-electron chi connectivity index (χ1n) is 6.92. The van der Waals surface area contributed by atoms with Crippen LogP contribution in [-0.4, -0.2) is 12.5 Å². The van der Waals surface area contributed by atoms with Gasteiger partial charge >= 0.3 is 0 Å². The Hall–Kier alpha value is -1.84. The van der Waals surface area contributed by atoms with E-state index in [1.165, 1.54) is 5.56 Å². The summed E-state index contributed by atoms with van der Waals surface area (Å²) in [5, 5.41) is 3.58. The average molecular weight is 303 g/mol. The summed E-state index contributed by atoms with van der Waals surface area (Å²) >= 11 is 5.96. The Morgan fingerprint density at radius 3 is 2.43 bits per heavy atom. The van der Waals surface area contributed by atoms with Crippen LogP contribution in [0.5, 0.6) is 0 Å². The van der Waals surface area contributed by atoms with Crippen LogP contribution in [0.15, 0.2) is 42.5 Å². The molecule has 21 heavy (non-hydrogen) atoms. The van der Waals surface area contributed by atoms with Gasteiger partial charge in [-0.3, -0.25) is 4.79 Å². The number of rotatable bonds is 5. The summed E-state index contributed by atoms with van der Waals surface area (Å²) in [5.41, 5.74) is 9.31. The monoisotopic (exact) mass is 302 g/mol. The lowest BCUT2D eigenvalue weighted by Gasteiger charge is -2.07. The number of nitrogens with one attached hydrogen (secondary N) is 1. The smallest absolute Gasteiger partial charge is 0.251 e. The topological polar surface area (TPSA) is 55.1 Å². The molecule has 0 atom stereocenters. The maximum Gasteiger partial charge on any atom is 0.251 e. The highest BCUT2D eigenvalue weighted by Gasteiger charge is 2.06. The van der Waals surface area contributed by atoms with Gasteiger partial charge in [0.2, 0.25) is 0 Å². The predicted molar refractivity (Wildman–Crippen MR) is 86.6 cm³/mol. The van der Waals surface area contributed by atoms with E-state index in [9.17, 15) is 4.79 Å². The highest BCUT2D eigenvalue weighted by Crippen LogP contribution is 2.16. The lowest BCUT2D eigenvalue weighted by molar-refractivity contribution is 0.0951. The van der Waals surface area contributed by atoms with Crippen LogP contribution in [0.25, 0.3) is 0 Å². The van der Waals surface area contributed by atoms with Gasteiger partial charge in [-0.2, -0.15) is 0 Å². The van der Waals surface area contributed by atoms with Crippen molar-refractivity contribution in [2.75, 3.05) is 6.54 Å². The summed E-state index contributed by atoms with van der Waals surface area (Å²) in [6.45, 7) is 3.03.